The van der Waals surface area contributed by atoms with Crippen LogP contribution in [-0.2, 0) is 0 Å². The Morgan fingerprint density at radius 1 is 0.920 bits per heavy atom. The number of rotatable bonds is 5. The zero-order chi connectivity index (χ0) is 17.8. The first-order valence-electron chi connectivity index (χ1n) is 8.65. The normalized spacial score (nSPS) is 10.7. The number of methoxy groups -OCH3 is 1. The molecule has 0 N–H and O–H groups in total. The van der Waals surface area contributed by atoms with Gasteiger partial charge in [-0.1, -0.05) is 54.6 Å². The Balaban J connectivity index is 2.36. The highest BCUT2D eigenvalue weighted by atomic mass is 16.5. The van der Waals surface area contributed by atoms with Crippen LogP contribution >= 0.6 is 0 Å². The largest absolute Gasteiger partial charge is 0.496 e. The molecule has 3 aromatic carbocycles. The Labute approximate surface area is 148 Å². The lowest BCUT2D eigenvalue weighted by Gasteiger charge is -2.22. The van der Waals surface area contributed by atoms with Crippen molar-refractivity contribution in [3.05, 3.63) is 66.2 Å². The molecule has 0 bridgehead atoms. The van der Waals surface area contributed by atoms with Gasteiger partial charge in [0.25, 0.3) is 5.91 Å². The number of carbonyl (C=O) groups is 1. The standard InChI is InChI=1S/C22H23NO2/c1-4-23(5-2)22(24)19-15-20(25-3)17-13-9-10-14-18(17)21(19)16-11-7-6-8-12-16/h6-15H,4-5H2,1-3H3. The molecule has 0 aromatic heterocycles. The van der Waals surface area contributed by atoms with Crippen LogP contribution in [0.15, 0.2) is 60.7 Å². The molecule has 0 fully saturated rings. The summed E-state index contributed by atoms with van der Waals surface area (Å²) >= 11 is 0. The van der Waals surface area contributed by atoms with Crippen LogP contribution in [0.25, 0.3) is 21.9 Å². The fourth-order valence-electron chi connectivity index (χ4n) is 3.28. The second kappa shape index (κ2) is 7.39. The Hall–Kier alpha value is -2.81. The van der Waals surface area contributed by atoms with Gasteiger partial charge in [0.05, 0.1) is 12.7 Å². The minimum atomic E-state index is 0.0351. The molecule has 128 valence electrons. The van der Waals surface area contributed by atoms with Crippen LogP contribution in [0.2, 0.25) is 0 Å². The molecule has 0 unspecified atom stereocenters. The van der Waals surface area contributed by atoms with E-state index in [0.717, 1.165) is 27.6 Å². The van der Waals surface area contributed by atoms with E-state index in [1.54, 1.807) is 7.11 Å². The molecule has 1 amide bonds. The molecule has 3 nitrogen and oxygen atoms in total. The smallest absolute Gasteiger partial charge is 0.254 e. The maximum Gasteiger partial charge on any atom is 0.254 e. The third-order valence-electron chi connectivity index (χ3n) is 4.57. The lowest BCUT2D eigenvalue weighted by atomic mass is 9.92. The van der Waals surface area contributed by atoms with Crippen molar-refractivity contribution in [2.24, 2.45) is 0 Å². The number of benzene rings is 3. The minimum absolute atomic E-state index is 0.0351. The van der Waals surface area contributed by atoms with Gasteiger partial charge in [0.1, 0.15) is 5.75 Å². The summed E-state index contributed by atoms with van der Waals surface area (Å²) in [6.07, 6.45) is 0. The number of carbonyl (C=O) groups excluding carboxylic acids is 1. The van der Waals surface area contributed by atoms with Gasteiger partial charge in [-0.25, -0.2) is 0 Å². The molecule has 0 atom stereocenters. The molecule has 0 aliphatic rings. The predicted octanol–water partition coefficient (Wildman–Crippen LogP) is 5.00. The summed E-state index contributed by atoms with van der Waals surface area (Å²) in [6, 6.07) is 20.0. The Morgan fingerprint density at radius 2 is 1.52 bits per heavy atom. The van der Waals surface area contributed by atoms with Crippen LogP contribution in [0.5, 0.6) is 5.75 Å². The third-order valence-corrected chi connectivity index (χ3v) is 4.57. The summed E-state index contributed by atoms with van der Waals surface area (Å²) in [5.41, 5.74) is 2.69. The van der Waals surface area contributed by atoms with Gasteiger partial charge in [0, 0.05) is 24.0 Å². The molecule has 0 aliphatic heterocycles. The zero-order valence-corrected chi connectivity index (χ0v) is 15.0. The molecule has 25 heavy (non-hydrogen) atoms. The number of nitrogens with zero attached hydrogens (tertiary/aromatic N) is 1. The highest BCUT2D eigenvalue weighted by molar-refractivity contribution is 6.11. The van der Waals surface area contributed by atoms with E-state index in [1.165, 1.54) is 0 Å². The van der Waals surface area contributed by atoms with Gasteiger partial charge in [0.2, 0.25) is 0 Å². The molecule has 3 heteroatoms. The van der Waals surface area contributed by atoms with E-state index in [1.807, 2.05) is 73.3 Å². The molecule has 3 aromatic rings. The number of amides is 1. The van der Waals surface area contributed by atoms with E-state index in [4.69, 9.17) is 4.74 Å². The summed E-state index contributed by atoms with van der Waals surface area (Å²) in [5, 5.41) is 2.04. The van der Waals surface area contributed by atoms with E-state index >= 15 is 0 Å². The van der Waals surface area contributed by atoms with E-state index in [-0.39, 0.29) is 5.91 Å². The molecule has 0 radical (unpaired) electrons. The maximum absolute atomic E-state index is 13.2. The van der Waals surface area contributed by atoms with Gasteiger partial charge < -0.3 is 9.64 Å². The van der Waals surface area contributed by atoms with Gasteiger partial charge in [0.15, 0.2) is 0 Å². The van der Waals surface area contributed by atoms with E-state index in [9.17, 15) is 4.79 Å². The zero-order valence-electron chi connectivity index (χ0n) is 15.0. The Bertz CT molecular complexity index is 883. The van der Waals surface area contributed by atoms with Crippen LogP contribution in [0.3, 0.4) is 0 Å². The van der Waals surface area contributed by atoms with Crippen LogP contribution in [0.4, 0.5) is 0 Å². The Kier molecular flexibility index (Phi) is 5.03. The summed E-state index contributed by atoms with van der Waals surface area (Å²) in [4.78, 5) is 15.0. The molecule has 0 heterocycles. The van der Waals surface area contributed by atoms with Crippen molar-refractivity contribution in [1.29, 1.82) is 0 Å². The van der Waals surface area contributed by atoms with Gasteiger partial charge >= 0.3 is 0 Å². The number of fused-ring (bicyclic) bond motifs is 1. The molecule has 3 rings (SSSR count). The monoisotopic (exact) mass is 333 g/mol. The van der Waals surface area contributed by atoms with Crippen molar-refractivity contribution >= 4 is 16.7 Å². The Morgan fingerprint density at radius 3 is 2.12 bits per heavy atom. The van der Waals surface area contributed by atoms with Crippen LogP contribution in [0.1, 0.15) is 24.2 Å². The van der Waals surface area contributed by atoms with Gasteiger partial charge in [-0.15, -0.1) is 0 Å². The fraction of sp³-hybridized carbons (Fsp3) is 0.227. The molecular formula is C22H23NO2. The topological polar surface area (TPSA) is 29.5 Å². The lowest BCUT2D eigenvalue weighted by Crippen LogP contribution is -2.31. The van der Waals surface area contributed by atoms with Crippen molar-refractivity contribution in [2.45, 2.75) is 13.8 Å². The van der Waals surface area contributed by atoms with Gasteiger partial charge in [-0.2, -0.15) is 0 Å². The molecular weight excluding hydrogens is 310 g/mol. The highest BCUT2D eigenvalue weighted by Gasteiger charge is 2.22. The number of hydrogen-bond acceptors (Lipinski definition) is 2. The van der Waals surface area contributed by atoms with Crippen LogP contribution in [-0.4, -0.2) is 31.0 Å². The van der Waals surface area contributed by atoms with Crippen molar-refractivity contribution < 1.29 is 9.53 Å². The van der Waals surface area contributed by atoms with E-state index in [0.29, 0.717) is 18.7 Å². The quantitative estimate of drug-likeness (QED) is 0.658. The molecule has 0 aliphatic carbocycles. The number of ether oxygens (including phenoxy) is 1. The highest BCUT2D eigenvalue weighted by Crippen LogP contribution is 2.38. The van der Waals surface area contributed by atoms with Crippen LogP contribution < -0.4 is 4.74 Å². The van der Waals surface area contributed by atoms with Crippen molar-refractivity contribution in [3.8, 4) is 16.9 Å². The summed E-state index contributed by atoms with van der Waals surface area (Å²) in [7, 11) is 1.65. The first-order valence-corrected chi connectivity index (χ1v) is 8.65. The average Bonchev–Trinajstić information content (AvgIpc) is 2.68. The molecule has 0 spiro atoms. The minimum Gasteiger partial charge on any atom is -0.496 e. The summed E-state index contributed by atoms with van der Waals surface area (Å²) in [5.74, 6) is 0.763. The number of hydrogen-bond donors (Lipinski definition) is 0. The predicted molar refractivity (Wildman–Crippen MR) is 103 cm³/mol. The third kappa shape index (κ3) is 3.10. The summed E-state index contributed by atoms with van der Waals surface area (Å²) in [6.45, 7) is 5.36. The van der Waals surface area contributed by atoms with Gasteiger partial charge in [-0.3, -0.25) is 4.79 Å². The summed E-state index contributed by atoms with van der Waals surface area (Å²) < 4.78 is 5.59. The lowest BCUT2D eigenvalue weighted by molar-refractivity contribution is 0.0773. The second-order valence-electron chi connectivity index (χ2n) is 5.89. The van der Waals surface area contributed by atoms with Crippen molar-refractivity contribution in [2.75, 3.05) is 20.2 Å². The molecule has 0 saturated heterocycles. The SMILES string of the molecule is CCN(CC)C(=O)c1cc(OC)c2ccccc2c1-c1ccccc1. The van der Waals surface area contributed by atoms with Crippen molar-refractivity contribution in [1.82, 2.24) is 4.90 Å². The maximum atomic E-state index is 13.2. The van der Waals surface area contributed by atoms with E-state index < -0.39 is 0 Å². The van der Waals surface area contributed by atoms with E-state index in [2.05, 4.69) is 6.07 Å². The first kappa shape index (κ1) is 17.0. The fourth-order valence-corrected chi connectivity index (χ4v) is 3.28. The van der Waals surface area contributed by atoms with Crippen LogP contribution in [0, 0.1) is 0 Å². The second-order valence-corrected chi connectivity index (χ2v) is 5.89. The van der Waals surface area contributed by atoms with Crippen molar-refractivity contribution in [3.63, 3.8) is 0 Å². The van der Waals surface area contributed by atoms with Gasteiger partial charge in [-0.05, 0) is 30.9 Å². The first-order chi connectivity index (χ1) is 12.2. The average molecular weight is 333 g/mol. The molecule has 0 saturated carbocycles.